The van der Waals surface area contributed by atoms with Crippen LogP contribution < -0.4 is 10.6 Å². The lowest BCUT2D eigenvalue weighted by molar-refractivity contribution is 0.0600. The van der Waals surface area contributed by atoms with Gasteiger partial charge in [0.05, 0.1) is 23.4 Å². The number of rotatable bonds is 5. The van der Waals surface area contributed by atoms with Crippen LogP contribution in [0, 0.1) is 0 Å². The van der Waals surface area contributed by atoms with Gasteiger partial charge in [-0.25, -0.2) is 4.79 Å². The lowest BCUT2D eigenvalue weighted by Crippen LogP contribution is -2.30. The Kier molecular flexibility index (Phi) is 6.36. The van der Waals surface area contributed by atoms with E-state index in [4.69, 9.17) is 11.6 Å². The first-order chi connectivity index (χ1) is 12.3. The van der Waals surface area contributed by atoms with E-state index in [-0.39, 0.29) is 23.1 Å². The van der Waals surface area contributed by atoms with Crippen LogP contribution in [0.3, 0.4) is 0 Å². The summed E-state index contributed by atoms with van der Waals surface area (Å²) in [4.78, 5) is 36.2. The lowest BCUT2D eigenvalue weighted by atomic mass is 10.1. The average molecular weight is 375 g/mol. The van der Waals surface area contributed by atoms with Crippen LogP contribution in [0.5, 0.6) is 0 Å². The molecule has 7 heteroatoms. The first-order valence-corrected chi connectivity index (χ1v) is 8.29. The van der Waals surface area contributed by atoms with E-state index in [9.17, 15) is 14.4 Å². The van der Waals surface area contributed by atoms with E-state index in [1.54, 1.807) is 24.3 Å². The molecule has 0 heterocycles. The highest BCUT2D eigenvalue weighted by Crippen LogP contribution is 2.24. The summed E-state index contributed by atoms with van der Waals surface area (Å²) in [5.74, 6) is -1.26. The number of methoxy groups -OCH3 is 1. The minimum Gasteiger partial charge on any atom is -0.465 e. The van der Waals surface area contributed by atoms with Crippen LogP contribution in [-0.4, -0.2) is 30.9 Å². The molecule has 2 aromatic carbocycles. The number of amides is 2. The Balaban J connectivity index is 2.23. The van der Waals surface area contributed by atoms with E-state index in [0.717, 1.165) is 0 Å². The number of benzene rings is 2. The lowest BCUT2D eigenvalue weighted by Gasteiger charge is -2.12. The first-order valence-electron chi connectivity index (χ1n) is 7.92. The van der Waals surface area contributed by atoms with Gasteiger partial charge in [0.2, 0.25) is 0 Å². The molecule has 136 valence electrons. The van der Waals surface area contributed by atoms with E-state index in [0.29, 0.717) is 16.3 Å². The Hall–Kier alpha value is -2.86. The van der Waals surface area contributed by atoms with Crippen molar-refractivity contribution < 1.29 is 19.1 Å². The maximum absolute atomic E-state index is 12.5. The van der Waals surface area contributed by atoms with Gasteiger partial charge in [0.1, 0.15) is 0 Å². The third kappa shape index (κ3) is 4.83. The highest BCUT2D eigenvalue weighted by Gasteiger charge is 2.14. The second-order valence-corrected chi connectivity index (χ2v) is 6.26. The Bertz CT molecular complexity index is 849. The first kappa shape index (κ1) is 19.5. The van der Waals surface area contributed by atoms with Crippen LogP contribution in [0.25, 0.3) is 0 Å². The van der Waals surface area contributed by atoms with E-state index in [2.05, 4.69) is 15.4 Å². The monoisotopic (exact) mass is 374 g/mol. The number of hydrogen-bond donors (Lipinski definition) is 2. The molecule has 2 N–H and O–H groups in total. The Morgan fingerprint density at radius 1 is 0.962 bits per heavy atom. The molecule has 0 aromatic heterocycles. The standard InChI is InChI=1S/C19H19ClN2O4/c1-11(2)21-17(23)13-7-8-15(20)16(10-13)22-18(24)12-5-4-6-14(9-12)19(25)26-3/h4-11H,1-3H3,(H,21,23)(H,22,24). The SMILES string of the molecule is COC(=O)c1cccc(C(=O)Nc2cc(C(=O)NC(C)C)ccc2Cl)c1. The van der Waals surface area contributed by atoms with Crippen molar-refractivity contribution in [3.8, 4) is 0 Å². The van der Waals surface area contributed by atoms with Gasteiger partial charge in [-0.15, -0.1) is 0 Å². The fourth-order valence-corrected chi connectivity index (χ4v) is 2.37. The third-order valence-corrected chi connectivity index (χ3v) is 3.77. The molecule has 6 nitrogen and oxygen atoms in total. The quantitative estimate of drug-likeness (QED) is 0.784. The van der Waals surface area contributed by atoms with Gasteiger partial charge >= 0.3 is 5.97 Å². The van der Waals surface area contributed by atoms with Crippen LogP contribution in [0.4, 0.5) is 5.69 Å². The summed E-state index contributed by atoms with van der Waals surface area (Å²) in [6.07, 6.45) is 0. The summed E-state index contributed by atoms with van der Waals surface area (Å²) >= 11 is 6.12. The summed E-state index contributed by atoms with van der Waals surface area (Å²) in [5.41, 5.74) is 1.20. The topological polar surface area (TPSA) is 84.5 Å². The van der Waals surface area contributed by atoms with Crippen LogP contribution in [0.1, 0.15) is 44.9 Å². The van der Waals surface area contributed by atoms with Crippen LogP contribution in [0.2, 0.25) is 5.02 Å². The van der Waals surface area contributed by atoms with Gasteiger partial charge in [0.25, 0.3) is 11.8 Å². The average Bonchev–Trinajstić information content (AvgIpc) is 2.62. The van der Waals surface area contributed by atoms with Gasteiger partial charge in [-0.1, -0.05) is 17.7 Å². The molecule has 2 rings (SSSR count). The van der Waals surface area contributed by atoms with E-state index in [1.165, 1.54) is 25.3 Å². The van der Waals surface area contributed by atoms with Gasteiger partial charge in [0.15, 0.2) is 0 Å². The van der Waals surface area contributed by atoms with Crippen LogP contribution in [0.15, 0.2) is 42.5 Å². The normalized spacial score (nSPS) is 10.3. The Morgan fingerprint density at radius 3 is 2.27 bits per heavy atom. The highest BCUT2D eigenvalue weighted by atomic mass is 35.5. The summed E-state index contributed by atoms with van der Waals surface area (Å²) in [6, 6.07) is 10.7. The summed E-state index contributed by atoms with van der Waals surface area (Å²) < 4.78 is 4.65. The van der Waals surface area contributed by atoms with E-state index >= 15 is 0 Å². The Morgan fingerprint density at radius 2 is 1.62 bits per heavy atom. The maximum Gasteiger partial charge on any atom is 0.337 e. The highest BCUT2D eigenvalue weighted by molar-refractivity contribution is 6.34. The largest absolute Gasteiger partial charge is 0.465 e. The van der Waals surface area contributed by atoms with Crippen molar-refractivity contribution in [1.82, 2.24) is 5.32 Å². The molecule has 0 radical (unpaired) electrons. The molecule has 2 amide bonds. The molecule has 0 saturated carbocycles. The smallest absolute Gasteiger partial charge is 0.337 e. The summed E-state index contributed by atoms with van der Waals surface area (Å²) in [7, 11) is 1.27. The molecule has 0 atom stereocenters. The van der Waals surface area contributed by atoms with Gasteiger partial charge in [-0.05, 0) is 50.2 Å². The molecule has 0 bridgehead atoms. The van der Waals surface area contributed by atoms with E-state index < -0.39 is 11.9 Å². The van der Waals surface area contributed by atoms with Crippen molar-refractivity contribution in [2.24, 2.45) is 0 Å². The predicted octanol–water partition coefficient (Wildman–Crippen LogP) is 3.52. The maximum atomic E-state index is 12.5. The van der Waals surface area contributed by atoms with Crippen molar-refractivity contribution in [3.63, 3.8) is 0 Å². The van der Waals surface area contributed by atoms with E-state index in [1.807, 2.05) is 13.8 Å². The number of carbonyl (C=O) groups is 3. The third-order valence-electron chi connectivity index (χ3n) is 3.44. The van der Waals surface area contributed by atoms with Crippen LogP contribution >= 0.6 is 11.6 Å². The molecule has 2 aromatic rings. The number of hydrogen-bond acceptors (Lipinski definition) is 4. The van der Waals surface area contributed by atoms with Gasteiger partial charge in [0, 0.05) is 17.2 Å². The van der Waals surface area contributed by atoms with Gasteiger partial charge < -0.3 is 15.4 Å². The minimum absolute atomic E-state index is 0.0164. The fourth-order valence-electron chi connectivity index (χ4n) is 2.21. The van der Waals surface area contributed by atoms with Crippen LogP contribution in [-0.2, 0) is 4.74 Å². The summed E-state index contributed by atoms with van der Waals surface area (Å²) in [6.45, 7) is 3.70. The van der Waals surface area contributed by atoms with Crippen molar-refractivity contribution >= 4 is 35.1 Å². The zero-order valence-corrected chi connectivity index (χ0v) is 15.4. The number of halogens is 1. The molecule has 0 aliphatic carbocycles. The number of nitrogens with one attached hydrogen (secondary N) is 2. The molecule has 0 fully saturated rings. The molecular formula is C19H19ClN2O4. The molecule has 0 saturated heterocycles. The molecule has 0 aliphatic heterocycles. The predicted molar refractivity (Wildman–Crippen MR) is 99.8 cm³/mol. The molecular weight excluding hydrogens is 356 g/mol. The minimum atomic E-state index is -0.537. The van der Waals surface area contributed by atoms with Gasteiger partial charge in [-0.2, -0.15) is 0 Å². The number of carbonyl (C=O) groups excluding carboxylic acids is 3. The zero-order chi connectivity index (χ0) is 19.3. The fraction of sp³-hybridized carbons (Fsp3) is 0.211. The molecule has 0 aliphatic rings. The second-order valence-electron chi connectivity index (χ2n) is 5.85. The Labute approximate surface area is 156 Å². The molecule has 26 heavy (non-hydrogen) atoms. The molecule has 0 spiro atoms. The number of esters is 1. The van der Waals surface area contributed by atoms with Crippen molar-refractivity contribution in [2.45, 2.75) is 19.9 Å². The van der Waals surface area contributed by atoms with Crippen molar-refractivity contribution in [3.05, 3.63) is 64.2 Å². The number of anilines is 1. The van der Waals surface area contributed by atoms with Crippen molar-refractivity contribution in [2.75, 3.05) is 12.4 Å². The zero-order valence-electron chi connectivity index (χ0n) is 14.6. The summed E-state index contributed by atoms with van der Waals surface area (Å²) in [5, 5.41) is 5.72. The number of ether oxygens (including phenoxy) is 1. The van der Waals surface area contributed by atoms with Crippen molar-refractivity contribution in [1.29, 1.82) is 0 Å². The molecule has 0 unspecified atom stereocenters. The van der Waals surface area contributed by atoms with Gasteiger partial charge in [-0.3, -0.25) is 9.59 Å². The second kappa shape index (κ2) is 8.49.